The molecule has 0 spiro atoms. The Kier molecular flexibility index (Phi) is 5.23. The SMILES string of the molecule is CSCCOC1CCC(=NO)CC1. The van der Waals surface area contributed by atoms with Crippen molar-refractivity contribution in [3.05, 3.63) is 0 Å². The van der Waals surface area contributed by atoms with Crippen molar-refractivity contribution in [2.24, 2.45) is 5.16 Å². The first-order chi connectivity index (χ1) is 6.36. The lowest BCUT2D eigenvalue weighted by Gasteiger charge is -2.22. The minimum absolute atomic E-state index is 0.387. The molecule has 0 aromatic carbocycles. The molecule has 0 aromatic rings. The van der Waals surface area contributed by atoms with Crippen LogP contribution in [0.5, 0.6) is 0 Å². The Bertz CT molecular complexity index is 163. The van der Waals surface area contributed by atoms with Gasteiger partial charge in [0.1, 0.15) is 0 Å². The van der Waals surface area contributed by atoms with E-state index in [2.05, 4.69) is 11.4 Å². The molecular weight excluding hydrogens is 186 g/mol. The van der Waals surface area contributed by atoms with Crippen molar-refractivity contribution in [2.45, 2.75) is 31.8 Å². The van der Waals surface area contributed by atoms with Gasteiger partial charge >= 0.3 is 0 Å². The fraction of sp³-hybridized carbons (Fsp3) is 0.889. The van der Waals surface area contributed by atoms with Crippen molar-refractivity contribution in [3.8, 4) is 0 Å². The maximum absolute atomic E-state index is 8.54. The Labute approximate surface area is 83.5 Å². The Morgan fingerprint density at radius 3 is 2.77 bits per heavy atom. The maximum atomic E-state index is 8.54. The van der Waals surface area contributed by atoms with Gasteiger partial charge in [-0.05, 0) is 31.9 Å². The van der Waals surface area contributed by atoms with Gasteiger partial charge in [-0.25, -0.2) is 0 Å². The molecule has 13 heavy (non-hydrogen) atoms. The highest BCUT2D eigenvalue weighted by Gasteiger charge is 2.17. The lowest BCUT2D eigenvalue weighted by Crippen LogP contribution is -2.22. The number of nitrogens with zero attached hydrogens (tertiary/aromatic N) is 1. The molecule has 0 unspecified atom stereocenters. The molecule has 0 bridgehead atoms. The van der Waals surface area contributed by atoms with Crippen molar-refractivity contribution in [1.29, 1.82) is 0 Å². The number of rotatable bonds is 4. The summed E-state index contributed by atoms with van der Waals surface area (Å²) < 4.78 is 5.66. The highest BCUT2D eigenvalue weighted by molar-refractivity contribution is 7.98. The van der Waals surface area contributed by atoms with Crippen molar-refractivity contribution >= 4 is 17.5 Å². The molecule has 0 radical (unpaired) electrons. The molecule has 0 amide bonds. The van der Waals surface area contributed by atoms with Crippen LogP contribution >= 0.6 is 11.8 Å². The molecule has 0 atom stereocenters. The standard InChI is InChI=1S/C9H17NO2S/c1-13-7-6-12-9-4-2-8(10-11)3-5-9/h9,11H,2-7H2,1H3. The molecule has 0 aromatic heterocycles. The van der Waals surface area contributed by atoms with Crippen LogP contribution in [0.25, 0.3) is 0 Å². The van der Waals surface area contributed by atoms with E-state index in [9.17, 15) is 0 Å². The summed E-state index contributed by atoms with van der Waals surface area (Å²) in [5.74, 6) is 1.07. The molecule has 1 saturated carbocycles. The van der Waals surface area contributed by atoms with Gasteiger partial charge in [-0.15, -0.1) is 0 Å². The van der Waals surface area contributed by atoms with Gasteiger partial charge in [0, 0.05) is 5.75 Å². The molecule has 1 fully saturated rings. The van der Waals surface area contributed by atoms with Gasteiger partial charge < -0.3 is 9.94 Å². The van der Waals surface area contributed by atoms with E-state index in [0.717, 1.165) is 43.8 Å². The predicted molar refractivity (Wildman–Crippen MR) is 55.8 cm³/mol. The second-order valence-corrected chi connectivity index (χ2v) is 4.21. The second kappa shape index (κ2) is 6.27. The molecule has 0 heterocycles. The summed E-state index contributed by atoms with van der Waals surface area (Å²) in [7, 11) is 0. The maximum Gasteiger partial charge on any atom is 0.0582 e. The van der Waals surface area contributed by atoms with E-state index in [1.54, 1.807) is 11.8 Å². The summed E-state index contributed by atoms with van der Waals surface area (Å²) in [5, 5.41) is 11.8. The molecule has 3 nitrogen and oxygen atoms in total. The Hall–Kier alpha value is -0.220. The summed E-state index contributed by atoms with van der Waals surface area (Å²) >= 11 is 1.81. The van der Waals surface area contributed by atoms with Crippen molar-refractivity contribution < 1.29 is 9.94 Å². The van der Waals surface area contributed by atoms with Crippen LogP contribution in [0.15, 0.2) is 5.16 Å². The molecule has 0 aliphatic heterocycles. The third-order valence-electron chi connectivity index (χ3n) is 2.29. The molecule has 1 N–H and O–H groups in total. The zero-order valence-electron chi connectivity index (χ0n) is 8.03. The zero-order chi connectivity index (χ0) is 9.52. The van der Waals surface area contributed by atoms with E-state index < -0.39 is 0 Å². The minimum Gasteiger partial charge on any atom is -0.411 e. The lowest BCUT2D eigenvalue weighted by atomic mass is 9.96. The fourth-order valence-electron chi connectivity index (χ4n) is 1.49. The van der Waals surface area contributed by atoms with E-state index in [4.69, 9.17) is 9.94 Å². The number of hydrogen-bond acceptors (Lipinski definition) is 4. The zero-order valence-corrected chi connectivity index (χ0v) is 8.85. The van der Waals surface area contributed by atoms with Crippen LogP contribution < -0.4 is 0 Å². The topological polar surface area (TPSA) is 41.8 Å². The van der Waals surface area contributed by atoms with Gasteiger partial charge in [-0.2, -0.15) is 11.8 Å². The van der Waals surface area contributed by atoms with Crippen LogP contribution in [0, 0.1) is 0 Å². The average molecular weight is 203 g/mol. The van der Waals surface area contributed by atoms with Gasteiger partial charge in [0.05, 0.1) is 18.4 Å². The van der Waals surface area contributed by atoms with Gasteiger partial charge in [0.15, 0.2) is 0 Å². The van der Waals surface area contributed by atoms with E-state index in [1.807, 2.05) is 0 Å². The van der Waals surface area contributed by atoms with Crippen molar-refractivity contribution in [2.75, 3.05) is 18.6 Å². The molecule has 1 aliphatic carbocycles. The Morgan fingerprint density at radius 1 is 1.54 bits per heavy atom. The third kappa shape index (κ3) is 4.00. The number of hydrogen-bond donors (Lipinski definition) is 1. The number of thioether (sulfide) groups is 1. The van der Waals surface area contributed by atoms with Crippen LogP contribution in [-0.2, 0) is 4.74 Å². The molecule has 0 saturated heterocycles. The van der Waals surface area contributed by atoms with Crippen LogP contribution in [0.1, 0.15) is 25.7 Å². The van der Waals surface area contributed by atoms with E-state index in [1.165, 1.54) is 0 Å². The first kappa shape index (κ1) is 10.9. The largest absolute Gasteiger partial charge is 0.411 e. The highest BCUT2D eigenvalue weighted by atomic mass is 32.2. The van der Waals surface area contributed by atoms with E-state index in [-0.39, 0.29) is 0 Å². The van der Waals surface area contributed by atoms with Gasteiger partial charge in [0.2, 0.25) is 0 Å². The normalized spacial score (nSPS) is 23.2. The highest BCUT2D eigenvalue weighted by Crippen LogP contribution is 2.18. The van der Waals surface area contributed by atoms with E-state index >= 15 is 0 Å². The van der Waals surface area contributed by atoms with Gasteiger partial charge in [0.25, 0.3) is 0 Å². The van der Waals surface area contributed by atoms with Crippen LogP contribution in [0.4, 0.5) is 0 Å². The first-order valence-electron chi connectivity index (χ1n) is 4.67. The number of ether oxygens (including phenoxy) is 1. The van der Waals surface area contributed by atoms with Crippen LogP contribution in [-0.4, -0.2) is 35.6 Å². The number of oxime groups is 1. The summed E-state index contributed by atoms with van der Waals surface area (Å²) in [6.45, 7) is 0.845. The molecule has 4 heteroatoms. The predicted octanol–water partition coefficient (Wildman–Crippen LogP) is 2.14. The Morgan fingerprint density at radius 2 is 2.23 bits per heavy atom. The third-order valence-corrected chi connectivity index (χ3v) is 2.87. The summed E-state index contributed by atoms with van der Waals surface area (Å²) in [4.78, 5) is 0. The first-order valence-corrected chi connectivity index (χ1v) is 6.06. The molecule has 1 aliphatic rings. The summed E-state index contributed by atoms with van der Waals surface area (Å²) in [6.07, 6.45) is 6.26. The van der Waals surface area contributed by atoms with Crippen LogP contribution in [0.2, 0.25) is 0 Å². The second-order valence-electron chi connectivity index (χ2n) is 3.23. The smallest absolute Gasteiger partial charge is 0.0582 e. The van der Waals surface area contributed by atoms with Crippen LogP contribution in [0.3, 0.4) is 0 Å². The molecule has 76 valence electrons. The van der Waals surface area contributed by atoms with Crippen molar-refractivity contribution in [3.63, 3.8) is 0 Å². The lowest BCUT2D eigenvalue weighted by molar-refractivity contribution is 0.0506. The van der Waals surface area contributed by atoms with E-state index in [0.29, 0.717) is 6.10 Å². The summed E-state index contributed by atoms with van der Waals surface area (Å²) in [6, 6.07) is 0. The quantitative estimate of drug-likeness (QED) is 0.432. The Balaban J connectivity index is 2.10. The van der Waals surface area contributed by atoms with Gasteiger partial charge in [-0.1, -0.05) is 5.16 Å². The molecular formula is C9H17NO2S. The minimum atomic E-state index is 0.387. The van der Waals surface area contributed by atoms with Gasteiger partial charge in [-0.3, -0.25) is 0 Å². The monoisotopic (exact) mass is 203 g/mol. The summed E-state index contributed by atoms with van der Waals surface area (Å²) in [5.41, 5.74) is 0.921. The van der Waals surface area contributed by atoms with Crippen molar-refractivity contribution in [1.82, 2.24) is 0 Å². The fourth-order valence-corrected chi connectivity index (χ4v) is 1.75. The molecule has 1 rings (SSSR count). The average Bonchev–Trinajstić information content (AvgIpc) is 2.19.